The molecule has 2 aliphatic rings. The van der Waals surface area contributed by atoms with E-state index in [1.807, 2.05) is 26.0 Å². The van der Waals surface area contributed by atoms with Gasteiger partial charge in [-0.15, -0.1) is 0 Å². The van der Waals surface area contributed by atoms with Gasteiger partial charge >= 0.3 is 0 Å². The number of morpholine rings is 1. The van der Waals surface area contributed by atoms with E-state index in [2.05, 4.69) is 9.88 Å². The average Bonchev–Trinajstić information content (AvgIpc) is 2.76. The van der Waals surface area contributed by atoms with Gasteiger partial charge in [0.05, 0.1) is 17.8 Å². The van der Waals surface area contributed by atoms with Gasteiger partial charge in [0.2, 0.25) is 0 Å². The molecule has 2 saturated heterocycles. The molecule has 2 fully saturated rings. The molecule has 1 spiro atoms. The van der Waals surface area contributed by atoms with Crippen LogP contribution in [0.5, 0.6) is 0 Å². The van der Waals surface area contributed by atoms with Gasteiger partial charge in [0.25, 0.3) is 5.91 Å². The lowest BCUT2D eigenvalue weighted by atomic mass is 9.86. The number of carbonyl (C=O) groups is 1. The van der Waals surface area contributed by atoms with Crippen LogP contribution in [0.25, 0.3) is 0 Å². The Bertz CT molecular complexity index is 928. The van der Waals surface area contributed by atoms with E-state index in [1.165, 1.54) is 6.07 Å². The first kappa shape index (κ1) is 24.1. The van der Waals surface area contributed by atoms with E-state index < -0.39 is 11.7 Å². The second-order valence-corrected chi connectivity index (χ2v) is 8.98. The standard InChI is InChI=1S/C24H31FN4O2.CH4/c1-17(2)21-23(30)29(20-8-4-3-7-19(20)25)16-24(31-21)10-14-28(15-11-24)13-9-18-6-5-12-27-22(18)26;/h3-8,12,17,21H,9-11,13-16H2,1-2H3,(H2,26,27);1H4. The summed E-state index contributed by atoms with van der Waals surface area (Å²) in [5, 5.41) is 0. The minimum Gasteiger partial charge on any atom is -0.383 e. The maximum absolute atomic E-state index is 14.5. The van der Waals surface area contributed by atoms with Crippen molar-refractivity contribution < 1.29 is 13.9 Å². The molecule has 1 unspecified atom stereocenters. The van der Waals surface area contributed by atoms with Crippen molar-refractivity contribution in [2.75, 3.05) is 36.8 Å². The predicted molar refractivity (Wildman–Crippen MR) is 126 cm³/mol. The molecule has 1 amide bonds. The molecule has 2 aromatic rings. The summed E-state index contributed by atoms with van der Waals surface area (Å²) in [6.45, 7) is 6.98. The SMILES string of the molecule is C.CC(C)C1OC2(CCN(CCc3cccnc3N)CC2)CN(c2ccccc2F)C1=O. The van der Waals surface area contributed by atoms with E-state index in [1.54, 1.807) is 29.3 Å². The maximum Gasteiger partial charge on any atom is 0.256 e. The van der Waals surface area contributed by atoms with Gasteiger partial charge < -0.3 is 20.3 Å². The summed E-state index contributed by atoms with van der Waals surface area (Å²) in [6.07, 6.45) is 3.60. The van der Waals surface area contributed by atoms with Crippen molar-refractivity contribution in [1.82, 2.24) is 9.88 Å². The summed E-state index contributed by atoms with van der Waals surface area (Å²) in [5.74, 6) is 0.0815. The minimum absolute atomic E-state index is 0. The molecule has 1 atom stereocenters. The third kappa shape index (κ3) is 4.94. The van der Waals surface area contributed by atoms with Crippen LogP contribution in [-0.4, -0.2) is 53.7 Å². The number of amides is 1. The first-order chi connectivity index (χ1) is 14.9. The quantitative estimate of drug-likeness (QED) is 0.760. The summed E-state index contributed by atoms with van der Waals surface area (Å²) >= 11 is 0. The van der Waals surface area contributed by atoms with Crippen LogP contribution in [0.4, 0.5) is 15.9 Å². The maximum atomic E-state index is 14.5. The zero-order chi connectivity index (χ0) is 22.0. The molecule has 174 valence electrons. The third-order valence-corrected chi connectivity index (χ3v) is 6.47. The van der Waals surface area contributed by atoms with Gasteiger partial charge in [-0.3, -0.25) is 4.79 Å². The zero-order valence-electron chi connectivity index (χ0n) is 18.3. The lowest BCUT2D eigenvalue weighted by Gasteiger charge is -2.50. The highest BCUT2D eigenvalue weighted by Gasteiger charge is 2.48. The Kier molecular flexibility index (Phi) is 7.51. The van der Waals surface area contributed by atoms with Crippen molar-refractivity contribution >= 4 is 17.4 Å². The highest BCUT2D eigenvalue weighted by molar-refractivity contribution is 5.97. The molecule has 1 aromatic heterocycles. The number of carbonyl (C=O) groups excluding carboxylic acids is 1. The van der Waals surface area contributed by atoms with E-state index >= 15 is 0 Å². The number of rotatable bonds is 5. The van der Waals surface area contributed by atoms with Gasteiger partial charge in [0.1, 0.15) is 17.7 Å². The monoisotopic (exact) mass is 442 g/mol. The normalized spacial score (nSPS) is 21.1. The Labute approximate surface area is 190 Å². The molecule has 6 nitrogen and oxygen atoms in total. The molecule has 1 aromatic carbocycles. The number of anilines is 2. The van der Waals surface area contributed by atoms with Crippen molar-refractivity contribution in [2.24, 2.45) is 5.92 Å². The first-order valence-electron chi connectivity index (χ1n) is 11.0. The highest BCUT2D eigenvalue weighted by Crippen LogP contribution is 2.37. The Morgan fingerprint density at radius 1 is 1.22 bits per heavy atom. The van der Waals surface area contributed by atoms with E-state index in [-0.39, 0.29) is 25.1 Å². The van der Waals surface area contributed by atoms with E-state index in [9.17, 15) is 9.18 Å². The van der Waals surface area contributed by atoms with Crippen LogP contribution in [-0.2, 0) is 16.0 Å². The largest absolute Gasteiger partial charge is 0.383 e. The molecule has 0 radical (unpaired) electrons. The molecule has 0 bridgehead atoms. The second-order valence-electron chi connectivity index (χ2n) is 8.98. The summed E-state index contributed by atoms with van der Waals surface area (Å²) in [7, 11) is 0. The summed E-state index contributed by atoms with van der Waals surface area (Å²) < 4.78 is 21.0. The topological polar surface area (TPSA) is 71.7 Å². The van der Waals surface area contributed by atoms with Crippen LogP contribution < -0.4 is 10.6 Å². The van der Waals surface area contributed by atoms with Crippen molar-refractivity contribution in [1.29, 1.82) is 0 Å². The number of ether oxygens (including phenoxy) is 1. The number of nitrogens with zero attached hydrogens (tertiary/aromatic N) is 3. The molecular formula is C25H35FN4O2. The van der Waals surface area contributed by atoms with Crippen molar-refractivity contribution in [2.45, 2.75) is 52.2 Å². The lowest BCUT2D eigenvalue weighted by molar-refractivity contribution is -0.171. The Morgan fingerprint density at radius 3 is 2.59 bits per heavy atom. The molecular weight excluding hydrogens is 407 g/mol. The fraction of sp³-hybridized carbons (Fsp3) is 0.520. The molecule has 0 saturated carbocycles. The molecule has 4 rings (SSSR count). The zero-order valence-corrected chi connectivity index (χ0v) is 18.3. The Morgan fingerprint density at radius 2 is 1.94 bits per heavy atom. The first-order valence-corrected chi connectivity index (χ1v) is 11.0. The smallest absolute Gasteiger partial charge is 0.256 e. The number of aromatic nitrogens is 1. The Balaban J connectivity index is 0.00000289. The van der Waals surface area contributed by atoms with Crippen LogP contribution in [0, 0.1) is 11.7 Å². The number of hydrogen-bond donors (Lipinski definition) is 1. The number of nitrogens with two attached hydrogens (primary N) is 1. The second kappa shape index (κ2) is 9.96. The summed E-state index contributed by atoms with van der Waals surface area (Å²) in [4.78, 5) is 21.3. The molecule has 3 heterocycles. The van der Waals surface area contributed by atoms with Crippen LogP contribution in [0.15, 0.2) is 42.6 Å². The molecule has 0 aliphatic carbocycles. The number of hydrogen-bond acceptors (Lipinski definition) is 5. The fourth-order valence-electron chi connectivity index (χ4n) is 4.57. The summed E-state index contributed by atoms with van der Waals surface area (Å²) in [6, 6.07) is 10.4. The number of para-hydroxylation sites is 1. The number of pyridine rings is 1. The van der Waals surface area contributed by atoms with Crippen LogP contribution in [0.3, 0.4) is 0 Å². The molecule has 2 N–H and O–H groups in total. The van der Waals surface area contributed by atoms with Gasteiger partial charge in [-0.1, -0.05) is 39.5 Å². The fourth-order valence-corrected chi connectivity index (χ4v) is 4.57. The van der Waals surface area contributed by atoms with Crippen molar-refractivity contribution in [3.8, 4) is 0 Å². The van der Waals surface area contributed by atoms with E-state index in [0.29, 0.717) is 18.1 Å². The van der Waals surface area contributed by atoms with E-state index in [4.69, 9.17) is 10.5 Å². The molecule has 2 aliphatic heterocycles. The molecule has 32 heavy (non-hydrogen) atoms. The number of halogens is 1. The van der Waals surface area contributed by atoms with Gasteiger partial charge in [-0.2, -0.15) is 0 Å². The predicted octanol–water partition coefficient (Wildman–Crippen LogP) is 3.90. The van der Waals surface area contributed by atoms with Gasteiger partial charge in [-0.25, -0.2) is 9.37 Å². The van der Waals surface area contributed by atoms with Crippen LogP contribution >= 0.6 is 0 Å². The van der Waals surface area contributed by atoms with Gasteiger partial charge in [-0.05, 0) is 48.9 Å². The van der Waals surface area contributed by atoms with Gasteiger partial charge in [0.15, 0.2) is 0 Å². The molecule has 7 heteroatoms. The summed E-state index contributed by atoms with van der Waals surface area (Å²) in [5.41, 5.74) is 6.93. The Hall–Kier alpha value is -2.51. The highest BCUT2D eigenvalue weighted by atomic mass is 19.1. The number of piperidine rings is 1. The van der Waals surface area contributed by atoms with Crippen LogP contribution in [0.1, 0.15) is 39.7 Å². The average molecular weight is 443 g/mol. The third-order valence-electron chi connectivity index (χ3n) is 6.47. The van der Waals surface area contributed by atoms with Gasteiger partial charge in [0, 0.05) is 25.8 Å². The van der Waals surface area contributed by atoms with Crippen molar-refractivity contribution in [3.63, 3.8) is 0 Å². The van der Waals surface area contributed by atoms with Crippen molar-refractivity contribution in [3.05, 3.63) is 54.0 Å². The number of likely N-dealkylation sites (tertiary alicyclic amines) is 1. The lowest BCUT2D eigenvalue weighted by Crippen LogP contribution is -2.63. The minimum atomic E-state index is -0.560. The number of nitrogen functional groups attached to an aromatic ring is 1. The van der Waals surface area contributed by atoms with E-state index in [0.717, 1.165) is 44.5 Å². The number of benzene rings is 1. The van der Waals surface area contributed by atoms with Crippen LogP contribution in [0.2, 0.25) is 0 Å².